The van der Waals surface area contributed by atoms with Gasteiger partial charge in [0.25, 0.3) is 21.8 Å². The van der Waals surface area contributed by atoms with E-state index in [9.17, 15) is 28.4 Å². The van der Waals surface area contributed by atoms with Crippen LogP contribution in [0.4, 0.5) is 26.0 Å². The van der Waals surface area contributed by atoms with Crippen molar-refractivity contribution >= 4 is 44.2 Å². The molecule has 5 heterocycles. The van der Waals surface area contributed by atoms with Gasteiger partial charge in [-0.3, -0.25) is 24.7 Å². The molecule has 1 spiro atoms. The lowest BCUT2D eigenvalue weighted by molar-refractivity contribution is -0.384. The van der Waals surface area contributed by atoms with Crippen LogP contribution in [-0.2, 0) is 16.6 Å². The fourth-order valence-corrected chi connectivity index (χ4v) is 13.1. The lowest BCUT2D eigenvalue weighted by Gasteiger charge is -2.58. The van der Waals surface area contributed by atoms with Crippen LogP contribution in [0.25, 0.3) is 11.0 Å². The number of carbonyl (C=O) groups excluding carboxylic acids is 1. The molecule has 0 radical (unpaired) electrons. The van der Waals surface area contributed by atoms with Crippen molar-refractivity contribution < 1.29 is 46.2 Å². The predicted octanol–water partition coefficient (Wildman–Crippen LogP) is 10.2. The molecule has 79 heavy (non-hydrogen) atoms. The summed E-state index contributed by atoms with van der Waals surface area (Å²) >= 11 is 0. The smallest absolute Gasteiger partial charge is 0.312 e. The van der Waals surface area contributed by atoms with Gasteiger partial charge in [0, 0.05) is 99.6 Å². The number of anilines is 2. The number of halogens is 2. The Bertz CT molecular complexity index is 3330. The molecule has 420 valence electrons. The number of methoxy groups -OCH3 is 1. The van der Waals surface area contributed by atoms with Crippen LogP contribution in [0.1, 0.15) is 118 Å². The molecule has 2 aliphatic heterocycles. The molecule has 10 rings (SSSR count). The quantitative estimate of drug-likeness (QED) is 0.0465. The number of fused-ring (bicyclic) bond motifs is 1. The van der Waals surface area contributed by atoms with Gasteiger partial charge in [0.15, 0.2) is 5.75 Å². The Morgan fingerprint density at radius 1 is 0.975 bits per heavy atom. The SMILES string of the molecule is CCOc1nc2[nH]cc(F)c2cc1Oc1cc(N2CCC3(CC2)CC(N2CCN(Cc4ccc(OC)cc4F)C[C@H]2c2ccccc2C(C)C)C3)ccc1C(=O)NS(=O)(=O)c1cnc(NCC2CCC(C)(O)CC2)c([N+](=O)[O-])c1. The van der Waals surface area contributed by atoms with E-state index in [1.165, 1.54) is 36.4 Å². The number of aromatic nitrogens is 3. The minimum atomic E-state index is -4.76. The molecule has 3 aromatic heterocycles. The zero-order chi connectivity index (χ0) is 55.8. The van der Waals surface area contributed by atoms with Crippen LogP contribution < -0.4 is 29.1 Å². The van der Waals surface area contributed by atoms with Crippen molar-refractivity contribution in [3.63, 3.8) is 0 Å². The Hall–Kier alpha value is -6.94. The highest BCUT2D eigenvalue weighted by Crippen LogP contribution is 2.54. The van der Waals surface area contributed by atoms with E-state index in [0.29, 0.717) is 80.8 Å². The largest absolute Gasteiger partial charge is 0.497 e. The lowest BCUT2D eigenvalue weighted by Crippen LogP contribution is -2.60. The highest BCUT2D eigenvalue weighted by atomic mass is 32.2. The van der Waals surface area contributed by atoms with E-state index in [2.05, 4.69) is 77.8 Å². The number of amides is 1. The molecular formula is C58H69F2N9O9S. The van der Waals surface area contributed by atoms with Crippen LogP contribution in [0, 0.1) is 33.1 Å². The molecule has 21 heteroatoms. The zero-order valence-electron chi connectivity index (χ0n) is 45.3. The van der Waals surface area contributed by atoms with Gasteiger partial charge in [0.2, 0.25) is 5.82 Å². The number of aromatic amines is 1. The first-order chi connectivity index (χ1) is 37.8. The average molecular weight is 1110 g/mol. The maximum absolute atomic E-state index is 15.2. The van der Waals surface area contributed by atoms with Crippen molar-refractivity contribution in [3.8, 4) is 23.1 Å². The number of rotatable bonds is 18. The van der Waals surface area contributed by atoms with Crippen LogP contribution in [-0.4, -0.2) is 114 Å². The number of aliphatic hydroxyl groups is 1. The Morgan fingerprint density at radius 2 is 1.73 bits per heavy atom. The van der Waals surface area contributed by atoms with Gasteiger partial charge in [-0.2, -0.15) is 4.98 Å². The number of piperidine rings is 1. The van der Waals surface area contributed by atoms with Crippen LogP contribution in [0.3, 0.4) is 0 Å². The Kier molecular flexibility index (Phi) is 15.9. The molecule has 4 N–H and O–H groups in total. The lowest BCUT2D eigenvalue weighted by atomic mass is 9.59. The van der Waals surface area contributed by atoms with Gasteiger partial charge in [0.1, 0.15) is 33.7 Å². The van der Waals surface area contributed by atoms with Crippen molar-refractivity contribution in [1.82, 2.24) is 29.5 Å². The highest BCUT2D eigenvalue weighted by Gasteiger charge is 2.50. The second-order valence-electron chi connectivity index (χ2n) is 22.4. The second kappa shape index (κ2) is 22.7. The van der Waals surface area contributed by atoms with Gasteiger partial charge >= 0.3 is 5.69 Å². The summed E-state index contributed by atoms with van der Waals surface area (Å²) in [7, 11) is -3.23. The van der Waals surface area contributed by atoms with Crippen molar-refractivity contribution in [2.45, 2.75) is 114 Å². The van der Waals surface area contributed by atoms with Gasteiger partial charge in [0.05, 0.1) is 41.4 Å². The molecule has 1 amide bonds. The van der Waals surface area contributed by atoms with Crippen LogP contribution in [0.15, 0.2) is 90.1 Å². The summed E-state index contributed by atoms with van der Waals surface area (Å²) in [5.74, 6) is -1.23. The molecular weight excluding hydrogens is 1040 g/mol. The molecule has 0 bridgehead atoms. The van der Waals surface area contributed by atoms with E-state index in [1.807, 2.05) is 12.1 Å². The van der Waals surface area contributed by atoms with Gasteiger partial charge in [-0.05, 0) is 112 Å². The Labute approximate surface area is 459 Å². The van der Waals surface area contributed by atoms with Crippen molar-refractivity contribution in [2.75, 3.05) is 63.2 Å². The Morgan fingerprint density at radius 3 is 2.44 bits per heavy atom. The first kappa shape index (κ1) is 55.4. The number of sulfonamides is 1. The van der Waals surface area contributed by atoms with E-state index in [0.717, 1.165) is 63.8 Å². The minimum absolute atomic E-state index is 0.00519. The molecule has 2 saturated heterocycles. The average Bonchev–Trinajstić information content (AvgIpc) is 3.89. The van der Waals surface area contributed by atoms with Gasteiger partial charge in [-0.25, -0.2) is 26.9 Å². The fraction of sp³-hybridized carbons (Fsp3) is 0.466. The summed E-state index contributed by atoms with van der Waals surface area (Å²) in [6.07, 6.45) is 8.55. The van der Waals surface area contributed by atoms with Gasteiger partial charge in [-0.15, -0.1) is 0 Å². The molecule has 2 aliphatic carbocycles. The van der Waals surface area contributed by atoms with E-state index in [-0.39, 0.29) is 69.6 Å². The second-order valence-corrected chi connectivity index (χ2v) is 24.1. The molecule has 4 fully saturated rings. The van der Waals surface area contributed by atoms with Crippen molar-refractivity contribution in [2.24, 2.45) is 11.3 Å². The zero-order valence-corrected chi connectivity index (χ0v) is 46.1. The highest BCUT2D eigenvalue weighted by molar-refractivity contribution is 7.90. The van der Waals surface area contributed by atoms with Gasteiger partial charge < -0.3 is 34.5 Å². The summed E-state index contributed by atoms with van der Waals surface area (Å²) in [4.78, 5) is 43.7. The number of pyridine rings is 2. The van der Waals surface area contributed by atoms with Crippen LogP contribution >= 0.6 is 0 Å². The van der Waals surface area contributed by atoms with Crippen LogP contribution in [0.5, 0.6) is 23.1 Å². The number of hydrogen-bond donors (Lipinski definition) is 4. The number of nitrogens with one attached hydrogen (secondary N) is 3. The maximum atomic E-state index is 15.2. The Balaban J connectivity index is 0.864. The first-order valence-corrected chi connectivity index (χ1v) is 28.7. The number of H-pyrrole nitrogens is 1. The third-order valence-electron chi connectivity index (χ3n) is 16.7. The number of nitrogens with zero attached hydrogens (tertiary/aromatic N) is 6. The summed E-state index contributed by atoms with van der Waals surface area (Å²) < 4.78 is 77.7. The van der Waals surface area contributed by atoms with E-state index < -0.39 is 42.9 Å². The maximum Gasteiger partial charge on any atom is 0.312 e. The monoisotopic (exact) mass is 1110 g/mol. The normalized spacial score (nSPS) is 21.0. The number of ether oxygens (including phenoxy) is 3. The van der Waals surface area contributed by atoms with Crippen LogP contribution in [0.2, 0.25) is 0 Å². The fourth-order valence-electron chi connectivity index (χ4n) is 12.1. The standard InChI is InChI=1S/C58H69F2N9O9S/c1-6-77-56-52(28-46-48(60)33-63-53(46)64-56)78-51-25-39(12-14-45(51)55(70)65-79(74,75)42-27-49(69(72)73)54(62-32-42)61-31-37-15-17-57(4,71)18-16-37)67-21-19-58(20-22-67)29-40(30-58)68-24-23-66(34-38-11-13-41(76-5)26-47(38)59)35-50(68)44-10-8-7-9-43(44)36(2)3/h7-14,25-28,32-33,36-37,40,50,71H,6,15-24,29-31,34-35H2,1-5H3,(H,61,62)(H,63,64)(H,65,70)/t37?,50-,57?/m0/s1. The van der Waals surface area contributed by atoms with Crippen molar-refractivity contribution in [3.05, 3.63) is 129 Å². The third-order valence-corrected chi connectivity index (χ3v) is 18.0. The molecule has 4 aliphatic rings. The van der Waals surface area contributed by atoms with Gasteiger partial charge in [-0.1, -0.05) is 44.2 Å². The number of carbonyl (C=O) groups is 1. The number of hydrogen-bond acceptors (Lipinski definition) is 15. The van der Waals surface area contributed by atoms with Crippen molar-refractivity contribution in [1.29, 1.82) is 0 Å². The number of nitro groups is 1. The van der Waals surface area contributed by atoms with E-state index in [1.54, 1.807) is 26.0 Å². The number of benzene rings is 3. The molecule has 18 nitrogen and oxygen atoms in total. The summed E-state index contributed by atoms with van der Waals surface area (Å²) in [6, 6.07) is 21.3. The molecule has 6 aromatic rings. The molecule has 2 saturated carbocycles. The first-order valence-electron chi connectivity index (χ1n) is 27.3. The summed E-state index contributed by atoms with van der Waals surface area (Å²) in [5.41, 5.74) is 2.76. The molecule has 0 unspecified atom stereocenters. The summed E-state index contributed by atoms with van der Waals surface area (Å²) in [6.45, 7) is 12.8. The predicted molar refractivity (Wildman–Crippen MR) is 295 cm³/mol. The summed E-state index contributed by atoms with van der Waals surface area (Å²) in [5, 5.41) is 25.7. The topological polar surface area (TPSA) is 218 Å². The van der Waals surface area contributed by atoms with E-state index >= 15 is 8.78 Å². The third kappa shape index (κ3) is 12.0. The minimum Gasteiger partial charge on any atom is -0.497 e. The molecule has 3 aromatic carbocycles. The molecule has 1 atom stereocenters. The van der Waals surface area contributed by atoms with E-state index in [4.69, 9.17) is 14.2 Å². The number of piperazine rings is 1.